The second-order valence-corrected chi connectivity index (χ2v) is 3.49. The topological polar surface area (TPSA) is 32.3 Å². The van der Waals surface area contributed by atoms with Gasteiger partial charge in [-0.2, -0.15) is 0 Å². The number of rotatable bonds is 2. The summed E-state index contributed by atoms with van der Waals surface area (Å²) in [7, 11) is 0. The van der Waals surface area contributed by atoms with E-state index in [9.17, 15) is 13.6 Å². The second-order valence-electron chi connectivity index (χ2n) is 3.49. The average molecular weight is 206 g/mol. The maximum atomic E-state index is 12.3. The van der Waals surface area contributed by atoms with Gasteiger partial charge in [-0.05, 0) is 19.8 Å². The number of halogens is 2. The number of carbonyl (C=O) groups excluding carboxylic acids is 1. The van der Waals surface area contributed by atoms with E-state index in [0.717, 1.165) is 0 Å². The minimum absolute atomic E-state index is 0.139. The van der Waals surface area contributed by atoms with E-state index in [4.69, 9.17) is 0 Å². The van der Waals surface area contributed by atoms with Crippen molar-refractivity contribution in [2.75, 3.05) is 19.6 Å². The van der Waals surface area contributed by atoms with Crippen molar-refractivity contribution in [1.82, 2.24) is 10.2 Å². The number of urea groups is 1. The van der Waals surface area contributed by atoms with Gasteiger partial charge in [0.1, 0.15) is 0 Å². The standard InChI is InChI=1S/C9H16F2N2O/c1-2-12-9(14)13-5-3-7(4-6-13)8(10)11/h7-8H,2-6H2,1H3,(H,12,14). The van der Waals surface area contributed by atoms with Crippen molar-refractivity contribution in [2.45, 2.75) is 26.2 Å². The van der Waals surface area contributed by atoms with Gasteiger partial charge < -0.3 is 10.2 Å². The minimum atomic E-state index is -2.24. The monoisotopic (exact) mass is 206 g/mol. The maximum Gasteiger partial charge on any atom is 0.317 e. The molecule has 1 aliphatic rings. The van der Waals surface area contributed by atoms with E-state index in [0.29, 0.717) is 32.5 Å². The predicted molar refractivity (Wildman–Crippen MR) is 49.4 cm³/mol. The molecular formula is C9H16F2N2O. The molecule has 0 aliphatic carbocycles. The van der Waals surface area contributed by atoms with Gasteiger partial charge in [-0.1, -0.05) is 0 Å². The van der Waals surface area contributed by atoms with Crippen LogP contribution in [0.5, 0.6) is 0 Å². The summed E-state index contributed by atoms with van der Waals surface area (Å²) in [5, 5.41) is 2.66. The molecule has 3 nitrogen and oxygen atoms in total. The Bertz CT molecular complexity index is 191. The highest BCUT2D eigenvalue weighted by atomic mass is 19.3. The van der Waals surface area contributed by atoms with E-state index in [1.54, 1.807) is 4.90 Å². The average Bonchev–Trinajstić information content (AvgIpc) is 2.18. The van der Waals surface area contributed by atoms with Crippen LogP contribution < -0.4 is 5.32 Å². The molecule has 14 heavy (non-hydrogen) atoms. The maximum absolute atomic E-state index is 12.3. The zero-order valence-corrected chi connectivity index (χ0v) is 8.30. The second kappa shape index (κ2) is 5.12. The molecule has 0 aromatic rings. The fraction of sp³-hybridized carbons (Fsp3) is 0.889. The first-order chi connectivity index (χ1) is 6.65. The van der Waals surface area contributed by atoms with Crippen molar-refractivity contribution >= 4 is 6.03 Å². The highest BCUT2D eigenvalue weighted by Gasteiger charge is 2.27. The van der Waals surface area contributed by atoms with E-state index in [2.05, 4.69) is 5.32 Å². The highest BCUT2D eigenvalue weighted by Crippen LogP contribution is 2.23. The van der Waals surface area contributed by atoms with Crippen molar-refractivity contribution in [3.8, 4) is 0 Å². The molecular weight excluding hydrogens is 190 g/mol. The first-order valence-corrected chi connectivity index (χ1v) is 4.96. The Balaban J connectivity index is 2.31. The summed E-state index contributed by atoms with van der Waals surface area (Å²) in [4.78, 5) is 12.9. The molecule has 0 spiro atoms. The number of carbonyl (C=O) groups is 1. The van der Waals surface area contributed by atoms with Crippen molar-refractivity contribution in [3.05, 3.63) is 0 Å². The summed E-state index contributed by atoms with van der Waals surface area (Å²) >= 11 is 0. The summed E-state index contributed by atoms with van der Waals surface area (Å²) in [6.07, 6.45) is -1.42. The van der Waals surface area contributed by atoms with Gasteiger partial charge in [0.05, 0.1) is 0 Å². The zero-order chi connectivity index (χ0) is 10.6. The molecule has 0 radical (unpaired) electrons. The third-order valence-electron chi connectivity index (χ3n) is 2.51. The molecule has 1 heterocycles. The molecule has 0 unspecified atom stereocenters. The van der Waals surface area contributed by atoms with Crippen LogP contribution in [0.25, 0.3) is 0 Å². The molecule has 0 saturated carbocycles. The molecule has 0 bridgehead atoms. The summed E-state index contributed by atoms with van der Waals surface area (Å²) in [5.41, 5.74) is 0. The highest BCUT2D eigenvalue weighted by molar-refractivity contribution is 5.74. The van der Waals surface area contributed by atoms with Crippen molar-refractivity contribution in [1.29, 1.82) is 0 Å². The number of alkyl halides is 2. The van der Waals surface area contributed by atoms with Crippen LogP contribution in [0.15, 0.2) is 0 Å². The third kappa shape index (κ3) is 2.82. The molecule has 1 N–H and O–H groups in total. The van der Waals surface area contributed by atoms with Crippen LogP contribution in [0.4, 0.5) is 13.6 Å². The Morgan fingerprint density at radius 2 is 2.07 bits per heavy atom. The molecule has 0 aromatic heterocycles. The summed E-state index contributed by atoms with van der Waals surface area (Å²) in [6.45, 7) is 3.30. The fourth-order valence-electron chi connectivity index (χ4n) is 1.62. The number of amides is 2. The molecule has 1 rings (SSSR count). The number of nitrogens with one attached hydrogen (secondary N) is 1. The van der Waals surface area contributed by atoms with E-state index < -0.39 is 12.3 Å². The van der Waals surface area contributed by atoms with E-state index in [1.165, 1.54) is 0 Å². The number of likely N-dealkylation sites (tertiary alicyclic amines) is 1. The van der Waals surface area contributed by atoms with Crippen LogP contribution in [-0.2, 0) is 0 Å². The lowest BCUT2D eigenvalue weighted by molar-refractivity contribution is 0.0421. The zero-order valence-electron chi connectivity index (χ0n) is 8.30. The third-order valence-corrected chi connectivity index (χ3v) is 2.51. The van der Waals surface area contributed by atoms with Gasteiger partial charge in [-0.3, -0.25) is 0 Å². The number of nitrogens with zero attached hydrogens (tertiary/aromatic N) is 1. The lowest BCUT2D eigenvalue weighted by Gasteiger charge is -2.31. The Labute approximate surface area is 82.5 Å². The quantitative estimate of drug-likeness (QED) is 0.732. The lowest BCUT2D eigenvalue weighted by atomic mass is 9.98. The lowest BCUT2D eigenvalue weighted by Crippen LogP contribution is -2.45. The number of piperidine rings is 1. The minimum Gasteiger partial charge on any atom is -0.338 e. The smallest absolute Gasteiger partial charge is 0.317 e. The van der Waals surface area contributed by atoms with E-state index >= 15 is 0 Å². The first-order valence-electron chi connectivity index (χ1n) is 4.96. The van der Waals surface area contributed by atoms with E-state index in [1.807, 2.05) is 6.92 Å². The van der Waals surface area contributed by atoms with Gasteiger partial charge in [0.2, 0.25) is 6.43 Å². The first kappa shape index (κ1) is 11.2. The summed E-state index contributed by atoms with van der Waals surface area (Å²) in [6, 6.07) is -0.139. The Morgan fingerprint density at radius 1 is 1.50 bits per heavy atom. The summed E-state index contributed by atoms with van der Waals surface area (Å²) in [5.74, 6) is -0.527. The molecule has 0 aromatic carbocycles. The van der Waals surface area contributed by atoms with Crippen molar-refractivity contribution in [3.63, 3.8) is 0 Å². The van der Waals surface area contributed by atoms with Gasteiger partial charge in [0.25, 0.3) is 0 Å². The van der Waals surface area contributed by atoms with Gasteiger partial charge in [-0.25, -0.2) is 13.6 Å². The largest absolute Gasteiger partial charge is 0.338 e. The van der Waals surface area contributed by atoms with Crippen LogP contribution in [0.3, 0.4) is 0 Å². The van der Waals surface area contributed by atoms with Gasteiger partial charge >= 0.3 is 6.03 Å². The molecule has 2 amide bonds. The van der Waals surface area contributed by atoms with Gasteiger partial charge in [0.15, 0.2) is 0 Å². The fourth-order valence-corrected chi connectivity index (χ4v) is 1.62. The Hall–Kier alpha value is -0.870. The Kier molecular flexibility index (Phi) is 4.10. The van der Waals surface area contributed by atoms with Crippen LogP contribution in [-0.4, -0.2) is 37.0 Å². The van der Waals surface area contributed by atoms with Crippen LogP contribution in [0, 0.1) is 5.92 Å². The van der Waals surface area contributed by atoms with E-state index in [-0.39, 0.29) is 6.03 Å². The molecule has 1 saturated heterocycles. The summed E-state index contributed by atoms with van der Waals surface area (Å²) < 4.78 is 24.6. The molecule has 0 atom stereocenters. The number of hydrogen-bond donors (Lipinski definition) is 1. The van der Waals surface area contributed by atoms with Crippen LogP contribution >= 0.6 is 0 Å². The van der Waals surface area contributed by atoms with Crippen LogP contribution in [0.1, 0.15) is 19.8 Å². The van der Waals surface area contributed by atoms with Gasteiger partial charge in [-0.15, -0.1) is 0 Å². The number of hydrogen-bond acceptors (Lipinski definition) is 1. The Morgan fingerprint density at radius 3 is 2.50 bits per heavy atom. The predicted octanol–water partition coefficient (Wildman–Crippen LogP) is 1.69. The van der Waals surface area contributed by atoms with Crippen molar-refractivity contribution < 1.29 is 13.6 Å². The SMILES string of the molecule is CCNC(=O)N1CCC(C(F)F)CC1. The molecule has 5 heteroatoms. The molecule has 1 fully saturated rings. The molecule has 82 valence electrons. The molecule has 1 aliphatic heterocycles. The normalized spacial score (nSPS) is 18.7. The van der Waals surface area contributed by atoms with Crippen LogP contribution in [0.2, 0.25) is 0 Å². The van der Waals surface area contributed by atoms with Crippen molar-refractivity contribution in [2.24, 2.45) is 5.92 Å². The van der Waals surface area contributed by atoms with Gasteiger partial charge in [0, 0.05) is 25.6 Å².